The molecule has 2 aromatic rings. The van der Waals surface area contributed by atoms with Crippen molar-refractivity contribution >= 4 is 11.8 Å². The van der Waals surface area contributed by atoms with E-state index in [1.807, 2.05) is 12.1 Å². The number of benzene rings is 2. The number of ether oxygens (including phenoxy) is 4. The number of carbonyl (C=O) groups excluding carboxylic acids is 2. The summed E-state index contributed by atoms with van der Waals surface area (Å²) in [7, 11) is 7.95. The van der Waals surface area contributed by atoms with Crippen LogP contribution in [0.5, 0.6) is 23.0 Å². The summed E-state index contributed by atoms with van der Waals surface area (Å²) in [6.07, 6.45) is 5.80. The number of likely N-dealkylation sites (tertiary alicyclic amines) is 1. The van der Waals surface area contributed by atoms with Crippen LogP contribution in [0.3, 0.4) is 0 Å². The summed E-state index contributed by atoms with van der Waals surface area (Å²) in [5, 5.41) is 3.19. The molecule has 0 unspecified atom stereocenters. The highest BCUT2D eigenvalue weighted by Gasteiger charge is 2.43. The van der Waals surface area contributed by atoms with Crippen molar-refractivity contribution in [3.63, 3.8) is 0 Å². The molecule has 1 saturated heterocycles. The lowest BCUT2D eigenvalue weighted by atomic mass is 9.79. The lowest BCUT2D eigenvalue weighted by Gasteiger charge is -2.40. The zero-order valence-electron chi connectivity index (χ0n) is 24.6. The smallest absolute Gasteiger partial charge is 0.254 e. The molecule has 1 N–H and O–H groups in total. The third kappa shape index (κ3) is 5.84. The standard InChI is InChI=1S/C31H43N3O6/c1-7-21-11-8-9-15-34(21)16-10-14-32-30(35)28-22-18-26(39-5)27(40-6)19-23(22)31(36)33(2)29(28)20-12-13-24(37-3)25(17-20)38-4/h12-13,17-19,21,28-29H,7-11,14-16H2,1-6H3,(H,32,35)/t21-,28-,29-/m1/s1. The average Bonchev–Trinajstić information content (AvgIpc) is 2.99. The van der Waals surface area contributed by atoms with E-state index in [1.54, 1.807) is 51.5 Å². The van der Waals surface area contributed by atoms with Crippen LogP contribution in [0.2, 0.25) is 0 Å². The van der Waals surface area contributed by atoms with E-state index in [9.17, 15) is 9.59 Å². The van der Waals surface area contributed by atoms with Gasteiger partial charge < -0.3 is 34.1 Å². The van der Waals surface area contributed by atoms with Gasteiger partial charge in [-0.25, -0.2) is 0 Å². The summed E-state index contributed by atoms with van der Waals surface area (Å²) in [4.78, 5) is 31.8. The van der Waals surface area contributed by atoms with Gasteiger partial charge in [0.15, 0.2) is 23.0 Å². The van der Waals surface area contributed by atoms with Gasteiger partial charge in [-0.3, -0.25) is 9.59 Å². The van der Waals surface area contributed by atoms with Crippen molar-refractivity contribution in [1.82, 2.24) is 15.1 Å². The number of nitrogens with one attached hydrogen (secondary N) is 1. The molecule has 2 heterocycles. The molecule has 3 atom stereocenters. The Bertz CT molecular complexity index is 1200. The Hall–Kier alpha value is -3.46. The number of hydrogen-bond donors (Lipinski definition) is 1. The van der Waals surface area contributed by atoms with Gasteiger partial charge in [0, 0.05) is 31.7 Å². The van der Waals surface area contributed by atoms with Gasteiger partial charge in [-0.15, -0.1) is 0 Å². The van der Waals surface area contributed by atoms with Gasteiger partial charge in [0.2, 0.25) is 5.91 Å². The maximum atomic E-state index is 14.0. The fraction of sp³-hybridized carbons (Fsp3) is 0.548. The quantitative estimate of drug-likeness (QED) is 0.413. The lowest BCUT2D eigenvalue weighted by molar-refractivity contribution is -0.124. The van der Waals surface area contributed by atoms with Crippen LogP contribution in [-0.2, 0) is 4.79 Å². The van der Waals surface area contributed by atoms with Crippen LogP contribution in [0, 0.1) is 0 Å². The maximum Gasteiger partial charge on any atom is 0.254 e. The summed E-state index contributed by atoms with van der Waals surface area (Å²) in [5.41, 5.74) is 1.81. The van der Waals surface area contributed by atoms with Crippen LogP contribution in [0.4, 0.5) is 0 Å². The molecule has 1 fully saturated rings. The number of amides is 2. The van der Waals surface area contributed by atoms with Crippen LogP contribution < -0.4 is 24.3 Å². The van der Waals surface area contributed by atoms with E-state index in [1.165, 1.54) is 26.4 Å². The zero-order valence-corrected chi connectivity index (χ0v) is 24.6. The molecule has 2 aliphatic heterocycles. The number of hydrogen-bond acceptors (Lipinski definition) is 7. The van der Waals surface area contributed by atoms with Crippen LogP contribution in [0.15, 0.2) is 30.3 Å². The molecule has 218 valence electrons. The van der Waals surface area contributed by atoms with Crippen molar-refractivity contribution in [2.45, 2.75) is 57.0 Å². The summed E-state index contributed by atoms with van der Waals surface area (Å²) in [6, 6.07) is 9.00. The summed E-state index contributed by atoms with van der Waals surface area (Å²) in [6.45, 7) is 4.89. The van der Waals surface area contributed by atoms with E-state index in [0.717, 1.165) is 31.5 Å². The van der Waals surface area contributed by atoms with E-state index in [2.05, 4.69) is 17.1 Å². The molecule has 2 aliphatic rings. The largest absolute Gasteiger partial charge is 0.493 e. The topological polar surface area (TPSA) is 89.6 Å². The van der Waals surface area contributed by atoms with Gasteiger partial charge >= 0.3 is 0 Å². The van der Waals surface area contributed by atoms with Crippen molar-refractivity contribution in [3.8, 4) is 23.0 Å². The Balaban J connectivity index is 1.66. The van der Waals surface area contributed by atoms with E-state index in [4.69, 9.17) is 18.9 Å². The predicted octanol–water partition coefficient (Wildman–Crippen LogP) is 4.40. The van der Waals surface area contributed by atoms with Gasteiger partial charge in [-0.1, -0.05) is 19.4 Å². The zero-order chi connectivity index (χ0) is 28.8. The minimum absolute atomic E-state index is 0.140. The van der Waals surface area contributed by atoms with Crippen LogP contribution in [-0.4, -0.2) is 82.8 Å². The van der Waals surface area contributed by atoms with Crippen molar-refractivity contribution in [1.29, 1.82) is 0 Å². The number of likely N-dealkylation sites (N-methyl/N-ethyl adjacent to an activating group) is 1. The fourth-order valence-corrected chi connectivity index (χ4v) is 6.21. The number of piperidine rings is 1. The van der Waals surface area contributed by atoms with E-state index >= 15 is 0 Å². The van der Waals surface area contributed by atoms with Crippen LogP contribution in [0.25, 0.3) is 0 Å². The van der Waals surface area contributed by atoms with Crippen molar-refractivity contribution in [3.05, 3.63) is 47.0 Å². The highest BCUT2D eigenvalue weighted by atomic mass is 16.5. The van der Waals surface area contributed by atoms with E-state index in [-0.39, 0.29) is 11.8 Å². The summed E-state index contributed by atoms with van der Waals surface area (Å²) < 4.78 is 22.0. The monoisotopic (exact) mass is 553 g/mol. The molecule has 2 aromatic carbocycles. The lowest BCUT2D eigenvalue weighted by Crippen LogP contribution is -2.46. The first-order chi connectivity index (χ1) is 19.4. The fourth-order valence-electron chi connectivity index (χ4n) is 6.21. The second kappa shape index (κ2) is 13.3. The number of carbonyl (C=O) groups is 2. The third-order valence-corrected chi connectivity index (χ3v) is 8.35. The molecule has 4 rings (SSSR count). The maximum absolute atomic E-state index is 14.0. The minimum Gasteiger partial charge on any atom is -0.493 e. The normalized spacial score (nSPS) is 21.0. The Labute approximate surface area is 237 Å². The Morgan fingerprint density at radius 3 is 2.30 bits per heavy atom. The van der Waals surface area contributed by atoms with Gasteiger partial charge in [0.05, 0.1) is 40.4 Å². The summed E-state index contributed by atoms with van der Waals surface area (Å²) >= 11 is 0. The Kier molecular flexibility index (Phi) is 9.79. The SMILES string of the molecule is CC[C@@H]1CCCCN1CCCNC(=O)[C@@H]1c2cc(OC)c(OC)cc2C(=O)N(C)[C@@H]1c1ccc(OC)c(OC)c1. The first-order valence-electron chi connectivity index (χ1n) is 14.1. The first kappa shape index (κ1) is 29.5. The van der Waals surface area contributed by atoms with Crippen molar-refractivity contribution in [2.24, 2.45) is 0 Å². The number of methoxy groups -OCH3 is 4. The van der Waals surface area contributed by atoms with Crippen LogP contribution >= 0.6 is 0 Å². The van der Waals surface area contributed by atoms with Crippen molar-refractivity contribution < 1.29 is 28.5 Å². The van der Waals surface area contributed by atoms with Gasteiger partial charge in [-0.2, -0.15) is 0 Å². The van der Waals surface area contributed by atoms with E-state index in [0.29, 0.717) is 46.7 Å². The second-order valence-electron chi connectivity index (χ2n) is 10.5. The molecule has 0 aromatic heterocycles. The molecule has 9 heteroatoms. The van der Waals surface area contributed by atoms with Crippen molar-refractivity contribution in [2.75, 3.05) is 55.1 Å². The van der Waals surface area contributed by atoms with Gasteiger partial charge in [0.1, 0.15) is 0 Å². The van der Waals surface area contributed by atoms with Gasteiger partial charge in [0.25, 0.3) is 5.91 Å². The highest BCUT2D eigenvalue weighted by molar-refractivity contribution is 6.02. The molecular formula is C31H43N3O6. The molecule has 0 aliphatic carbocycles. The van der Waals surface area contributed by atoms with Gasteiger partial charge in [-0.05, 0) is 67.6 Å². The Morgan fingerprint density at radius 1 is 0.950 bits per heavy atom. The molecular weight excluding hydrogens is 510 g/mol. The molecule has 2 amide bonds. The van der Waals surface area contributed by atoms with E-state index < -0.39 is 12.0 Å². The first-order valence-corrected chi connectivity index (χ1v) is 14.1. The molecule has 9 nitrogen and oxygen atoms in total. The molecule has 0 radical (unpaired) electrons. The number of fused-ring (bicyclic) bond motifs is 1. The molecule has 0 spiro atoms. The molecule has 0 saturated carbocycles. The minimum atomic E-state index is -0.672. The summed E-state index contributed by atoms with van der Waals surface area (Å²) in [5.74, 6) is 1.01. The Morgan fingerprint density at radius 2 is 1.62 bits per heavy atom. The third-order valence-electron chi connectivity index (χ3n) is 8.35. The van der Waals surface area contributed by atoms with Crippen LogP contribution in [0.1, 0.15) is 72.5 Å². The number of rotatable bonds is 11. The predicted molar refractivity (Wildman–Crippen MR) is 154 cm³/mol. The highest BCUT2D eigenvalue weighted by Crippen LogP contribution is 2.46. The molecule has 40 heavy (non-hydrogen) atoms. The average molecular weight is 554 g/mol. The molecule has 0 bridgehead atoms. The number of nitrogens with zero attached hydrogens (tertiary/aromatic N) is 2. The second-order valence-corrected chi connectivity index (χ2v) is 10.5.